The van der Waals surface area contributed by atoms with E-state index >= 15 is 0 Å². The fraction of sp³-hybridized carbons (Fsp3) is 0.207. The van der Waals surface area contributed by atoms with Gasteiger partial charge in [0.1, 0.15) is 5.75 Å². The van der Waals surface area contributed by atoms with E-state index in [4.69, 9.17) is 49.7 Å². The normalized spacial score (nSPS) is 11.7. The van der Waals surface area contributed by atoms with Crippen LogP contribution in [0.25, 0.3) is 22.5 Å². The van der Waals surface area contributed by atoms with Crippen molar-refractivity contribution >= 4 is 46.7 Å². The number of halogens is 3. The molecule has 10 heteroatoms. The van der Waals surface area contributed by atoms with E-state index in [9.17, 15) is 9.59 Å². The summed E-state index contributed by atoms with van der Waals surface area (Å²) in [6.07, 6.45) is -0.143. The SMILES string of the molecule is COc1ccc(Cl)cc1-c1c(C)c(-c2cc(Cl)cc(Cl)c2)nn1C(C)c1ccc(C(=O)NCCC(=O)O)cc1. The van der Waals surface area contributed by atoms with E-state index < -0.39 is 5.97 Å². The van der Waals surface area contributed by atoms with Crippen LogP contribution in [0.2, 0.25) is 15.1 Å². The van der Waals surface area contributed by atoms with Crippen LogP contribution in [-0.2, 0) is 4.79 Å². The zero-order valence-corrected chi connectivity index (χ0v) is 23.7. The molecule has 0 radical (unpaired) electrons. The number of methoxy groups -OCH3 is 1. The molecular weight excluding hydrogens is 561 g/mol. The van der Waals surface area contributed by atoms with E-state index in [2.05, 4.69) is 5.32 Å². The Hall–Kier alpha value is -3.52. The number of hydrogen-bond acceptors (Lipinski definition) is 4. The van der Waals surface area contributed by atoms with Crippen molar-refractivity contribution in [3.8, 4) is 28.3 Å². The summed E-state index contributed by atoms with van der Waals surface area (Å²) < 4.78 is 7.57. The molecule has 0 spiro atoms. The first-order chi connectivity index (χ1) is 18.6. The Balaban J connectivity index is 1.79. The summed E-state index contributed by atoms with van der Waals surface area (Å²) >= 11 is 19.0. The molecule has 0 aliphatic rings. The lowest BCUT2D eigenvalue weighted by atomic mass is 10.0. The van der Waals surface area contributed by atoms with E-state index in [0.29, 0.717) is 32.1 Å². The van der Waals surface area contributed by atoms with Crippen LogP contribution >= 0.6 is 34.8 Å². The number of amides is 1. The van der Waals surface area contributed by atoms with E-state index in [1.165, 1.54) is 0 Å². The Kier molecular flexibility index (Phi) is 8.85. The van der Waals surface area contributed by atoms with E-state index in [0.717, 1.165) is 27.9 Å². The Morgan fingerprint density at radius 2 is 1.67 bits per heavy atom. The van der Waals surface area contributed by atoms with Crippen molar-refractivity contribution in [2.24, 2.45) is 0 Å². The molecule has 0 bridgehead atoms. The number of benzene rings is 3. The summed E-state index contributed by atoms with van der Waals surface area (Å²) in [7, 11) is 1.60. The van der Waals surface area contributed by atoms with Crippen molar-refractivity contribution in [3.63, 3.8) is 0 Å². The number of ether oxygens (including phenoxy) is 1. The van der Waals surface area contributed by atoms with E-state index in [1.54, 1.807) is 31.4 Å². The summed E-state index contributed by atoms with van der Waals surface area (Å²) in [6.45, 7) is 4.03. The maximum absolute atomic E-state index is 12.4. The fourth-order valence-corrected chi connectivity index (χ4v) is 5.09. The highest BCUT2D eigenvalue weighted by Gasteiger charge is 2.24. The zero-order valence-electron chi connectivity index (χ0n) is 21.5. The second-order valence-corrected chi connectivity index (χ2v) is 10.3. The minimum absolute atomic E-state index is 0.0556. The first kappa shape index (κ1) is 28.5. The number of nitrogens with one attached hydrogen (secondary N) is 1. The van der Waals surface area contributed by atoms with Gasteiger partial charge in [0, 0.05) is 43.9 Å². The van der Waals surface area contributed by atoms with Crippen molar-refractivity contribution in [3.05, 3.63) is 92.4 Å². The highest BCUT2D eigenvalue weighted by Crippen LogP contribution is 2.41. The summed E-state index contributed by atoms with van der Waals surface area (Å²) in [4.78, 5) is 23.1. The smallest absolute Gasteiger partial charge is 0.305 e. The quantitative estimate of drug-likeness (QED) is 0.215. The Morgan fingerprint density at radius 1 is 1.00 bits per heavy atom. The molecule has 1 atom stereocenters. The van der Waals surface area contributed by atoms with Crippen LogP contribution in [0.1, 0.15) is 40.9 Å². The molecule has 3 aromatic carbocycles. The molecule has 0 aliphatic carbocycles. The first-order valence-corrected chi connectivity index (χ1v) is 13.2. The van der Waals surface area contributed by atoms with Crippen molar-refractivity contribution in [2.75, 3.05) is 13.7 Å². The summed E-state index contributed by atoms with van der Waals surface area (Å²) in [5.74, 6) is -0.671. The number of carboxylic acid groups (broad SMARTS) is 1. The molecule has 0 fully saturated rings. The standard InChI is InChI=1S/C29H26Cl3N3O4/c1-16-27(20-12-22(31)14-23(32)13-20)34-35(28(16)24-15-21(30)8-9-25(24)39-3)17(2)18-4-6-19(7-5-18)29(38)33-11-10-26(36)37/h4-9,12-15,17H,10-11H2,1-3H3,(H,33,38)(H,36,37). The highest BCUT2D eigenvalue weighted by molar-refractivity contribution is 6.35. The third-order valence-corrected chi connectivity index (χ3v) is 7.02. The van der Waals surface area contributed by atoms with E-state index in [-0.39, 0.29) is 24.9 Å². The Labute approximate surface area is 241 Å². The van der Waals surface area contributed by atoms with Crippen molar-refractivity contribution in [1.82, 2.24) is 15.1 Å². The van der Waals surface area contributed by atoms with Gasteiger partial charge in [-0.3, -0.25) is 14.3 Å². The molecule has 1 amide bonds. The van der Waals surface area contributed by atoms with Gasteiger partial charge in [0.15, 0.2) is 0 Å². The van der Waals surface area contributed by atoms with Gasteiger partial charge >= 0.3 is 5.97 Å². The lowest BCUT2D eigenvalue weighted by Gasteiger charge is -2.19. The van der Waals surface area contributed by atoms with Crippen LogP contribution < -0.4 is 10.1 Å². The van der Waals surface area contributed by atoms with Crippen molar-refractivity contribution in [2.45, 2.75) is 26.3 Å². The Morgan fingerprint density at radius 3 is 2.28 bits per heavy atom. The number of rotatable bonds is 9. The van der Waals surface area contributed by atoms with Gasteiger partial charge in [0.25, 0.3) is 5.91 Å². The molecule has 0 saturated carbocycles. The largest absolute Gasteiger partial charge is 0.496 e. The molecule has 39 heavy (non-hydrogen) atoms. The van der Waals surface area contributed by atoms with Crippen molar-refractivity contribution < 1.29 is 19.4 Å². The average Bonchev–Trinajstić information content (AvgIpc) is 3.24. The van der Waals surface area contributed by atoms with Gasteiger partial charge in [-0.25, -0.2) is 0 Å². The molecule has 1 unspecified atom stereocenters. The number of carboxylic acids is 1. The van der Waals surface area contributed by atoms with Crippen molar-refractivity contribution in [1.29, 1.82) is 0 Å². The zero-order chi connectivity index (χ0) is 28.3. The molecule has 2 N–H and O–H groups in total. The third kappa shape index (κ3) is 6.38. The fourth-order valence-electron chi connectivity index (χ4n) is 4.39. The van der Waals surface area contributed by atoms with Crippen LogP contribution in [0.5, 0.6) is 5.75 Å². The number of nitrogens with zero attached hydrogens (tertiary/aromatic N) is 2. The van der Waals surface area contributed by atoms with Crippen LogP contribution in [0.3, 0.4) is 0 Å². The molecule has 7 nitrogen and oxygen atoms in total. The minimum atomic E-state index is -0.972. The van der Waals surface area contributed by atoms with Gasteiger partial charge in [0.05, 0.1) is 31.0 Å². The predicted molar refractivity (Wildman–Crippen MR) is 154 cm³/mol. The van der Waals surface area contributed by atoms with Crippen LogP contribution in [0.4, 0.5) is 0 Å². The average molecular weight is 587 g/mol. The van der Waals surface area contributed by atoms with Crippen LogP contribution in [-0.4, -0.2) is 40.4 Å². The van der Waals surface area contributed by atoms with E-state index in [1.807, 2.05) is 54.9 Å². The number of hydrogen-bond donors (Lipinski definition) is 2. The monoisotopic (exact) mass is 585 g/mol. The lowest BCUT2D eigenvalue weighted by molar-refractivity contribution is -0.136. The topological polar surface area (TPSA) is 93.5 Å². The third-order valence-electron chi connectivity index (χ3n) is 6.35. The summed E-state index contributed by atoms with van der Waals surface area (Å²) in [5.41, 5.74) is 5.27. The molecule has 0 aliphatic heterocycles. The molecule has 202 valence electrons. The summed E-state index contributed by atoms with van der Waals surface area (Å²) in [5, 5.41) is 18.0. The maximum atomic E-state index is 12.4. The Bertz CT molecular complexity index is 1510. The highest BCUT2D eigenvalue weighted by atomic mass is 35.5. The van der Waals surface area contributed by atoms with Gasteiger partial charge in [-0.05, 0) is 67.9 Å². The molecule has 1 aromatic heterocycles. The molecule has 4 aromatic rings. The number of aromatic nitrogens is 2. The predicted octanol–water partition coefficient (Wildman–Crippen LogP) is 7.31. The van der Waals surface area contributed by atoms with Gasteiger partial charge in [-0.1, -0.05) is 46.9 Å². The molecular formula is C29H26Cl3N3O4. The molecule has 1 heterocycles. The number of aliphatic carboxylic acids is 1. The molecule has 4 rings (SSSR count). The minimum Gasteiger partial charge on any atom is -0.496 e. The maximum Gasteiger partial charge on any atom is 0.305 e. The van der Waals surface area contributed by atoms with Gasteiger partial charge in [-0.2, -0.15) is 5.10 Å². The van der Waals surface area contributed by atoms with Crippen LogP contribution in [0, 0.1) is 6.92 Å². The second-order valence-electron chi connectivity index (χ2n) is 8.97. The number of carbonyl (C=O) groups is 2. The molecule has 0 saturated heterocycles. The second kappa shape index (κ2) is 12.1. The summed E-state index contributed by atoms with van der Waals surface area (Å²) in [6, 6.07) is 17.6. The van der Waals surface area contributed by atoms with Gasteiger partial charge in [0.2, 0.25) is 0 Å². The lowest BCUT2D eigenvalue weighted by Crippen LogP contribution is -2.26. The van der Waals surface area contributed by atoms with Gasteiger partial charge in [-0.15, -0.1) is 0 Å². The number of carbonyl (C=O) groups excluding carboxylic acids is 1. The van der Waals surface area contributed by atoms with Crippen LogP contribution in [0.15, 0.2) is 60.7 Å². The first-order valence-electron chi connectivity index (χ1n) is 12.1. The van der Waals surface area contributed by atoms with Gasteiger partial charge < -0.3 is 15.2 Å².